The van der Waals surface area contributed by atoms with Gasteiger partial charge in [0.05, 0.1) is 5.69 Å². The van der Waals surface area contributed by atoms with Crippen LogP contribution in [0.15, 0.2) is 224 Å². The molecule has 3 heterocycles. The van der Waals surface area contributed by atoms with Crippen molar-refractivity contribution < 1.29 is 0 Å². The quantitative estimate of drug-likeness (QED) is 0.130. The molecule has 14 rings (SSSR count). The van der Waals surface area contributed by atoms with Crippen LogP contribution in [-0.2, 0) is 0 Å². The van der Waals surface area contributed by atoms with Crippen LogP contribution < -0.4 is 47.5 Å². The molecule has 5 heteroatoms. The molecule has 0 bridgehead atoms. The smallest absolute Gasteiger partial charge is 0.252 e. The van der Waals surface area contributed by atoms with Crippen LogP contribution in [0.2, 0.25) is 0 Å². The molecule has 0 spiro atoms. The van der Waals surface area contributed by atoms with Gasteiger partial charge >= 0.3 is 0 Å². The molecule has 0 radical (unpaired) electrons. The highest BCUT2D eigenvalue weighted by molar-refractivity contribution is 7.03. The van der Waals surface area contributed by atoms with E-state index in [0.717, 1.165) is 11.4 Å². The Bertz CT molecular complexity index is 3580. The second kappa shape index (κ2) is 13.2. The molecule has 3 aliphatic heterocycles. The van der Waals surface area contributed by atoms with E-state index in [-0.39, 0.29) is 13.4 Å². The summed E-state index contributed by atoms with van der Waals surface area (Å²) in [5.41, 5.74) is 18.5. The van der Waals surface area contributed by atoms with E-state index in [1.54, 1.807) is 0 Å². The maximum atomic E-state index is 2.61. The van der Waals surface area contributed by atoms with Crippen molar-refractivity contribution in [1.29, 1.82) is 0 Å². The molecule has 0 saturated heterocycles. The van der Waals surface area contributed by atoms with E-state index >= 15 is 0 Å². The molecule has 0 N–H and O–H groups in total. The lowest BCUT2D eigenvalue weighted by atomic mass is 9.30. The first-order chi connectivity index (χ1) is 31.3. The fourth-order valence-electron chi connectivity index (χ4n) is 11.5. The summed E-state index contributed by atoms with van der Waals surface area (Å²) in [7, 11) is 0. The van der Waals surface area contributed by atoms with E-state index in [9.17, 15) is 0 Å². The maximum Gasteiger partial charge on any atom is 0.252 e. The number of rotatable bonds is 4. The molecule has 0 aromatic heterocycles. The number of benzene rings is 11. The van der Waals surface area contributed by atoms with Crippen molar-refractivity contribution in [3.8, 4) is 0 Å². The van der Waals surface area contributed by atoms with Crippen LogP contribution in [0.25, 0.3) is 32.3 Å². The highest BCUT2D eigenvalue weighted by atomic mass is 15.2. The van der Waals surface area contributed by atoms with E-state index in [1.165, 1.54) is 105 Å². The van der Waals surface area contributed by atoms with Crippen LogP contribution in [0.4, 0.5) is 51.2 Å². The van der Waals surface area contributed by atoms with Gasteiger partial charge in [-0.3, -0.25) is 0 Å². The molecule has 0 aliphatic carbocycles. The van der Waals surface area contributed by atoms with Gasteiger partial charge in [0.2, 0.25) is 6.71 Å². The summed E-state index contributed by atoms with van der Waals surface area (Å²) >= 11 is 0. The van der Waals surface area contributed by atoms with Gasteiger partial charge in [-0.1, -0.05) is 175 Å². The summed E-state index contributed by atoms with van der Waals surface area (Å²) in [5.74, 6) is 0. The Labute approximate surface area is 367 Å². The topological polar surface area (TPSA) is 9.72 Å². The lowest BCUT2D eigenvalue weighted by molar-refractivity contribution is 1.24. The summed E-state index contributed by atoms with van der Waals surface area (Å²) < 4.78 is 0. The normalized spacial score (nSPS) is 13.6. The third-order valence-electron chi connectivity index (χ3n) is 14.0. The van der Waals surface area contributed by atoms with Gasteiger partial charge in [-0.25, -0.2) is 0 Å². The Kier molecular flexibility index (Phi) is 7.29. The van der Waals surface area contributed by atoms with Crippen molar-refractivity contribution in [2.75, 3.05) is 14.7 Å². The lowest BCUT2D eigenvalue weighted by Gasteiger charge is -2.48. The monoisotopic (exact) mass is 797 g/mol. The molecule has 0 unspecified atom stereocenters. The minimum Gasteiger partial charge on any atom is -0.312 e. The largest absolute Gasteiger partial charge is 0.312 e. The van der Waals surface area contributed by atoms with E-state index in [1.807, 2.05) is 0 Å². The molecule has 0 saturated carbocycles. The Balaban J connectivity index is 1.19. The highest BCUT2D eigenvalue weighted by Gasteiger charge is 2.48. The first kappa shape index (κ1) is 34.7. The van der Waals surface area contributed by atoms with Crippen molar-refractivity contribution in [2.45, 2.75) is 0 Å². The van der Waals surface area contributed by atoms with E-state index in [4.69, 9.17) is 0 Å². The van der Waals surface area contributed by atoms with Crippen LogP contribution in [0.3, 0.4) is 0 Å². The molecule has 0 fully saturated rings. The van der Waals surface area contributed by atoms with Crippen LogP contribution in [-0.4, -0.2) is 13.4 Å². The van der Waals surface area contributed by atoms with Gasteiger partial charge in [-0.2, -0.15) is 0 Å². The summed E-state index contributed by atoms with van der Waals surface area (Å²) in [6, 6.07) is 83.8. The predicted molar refractivity (Wildman–Crippen MR) is 270 cm³/mol. The molecule has 0 amide bonds. The number of nitrogens with zero attached hydrogens (tertiary/aromatic N) is 3. The predicted octanol–water partition coefficient (Wildman–Crippen LogP) is 11.0. The summed E-state index contributed by atoms with van der Waals surface area (Å²) in [6.07, 6.45) is 0. The van der Waals surface area contributed by atoms with Crippen molar-refractivity contribution in [1.82, 2.24) is 0 Å². The fraction of sp³-hybridized carbons (Fsp3) is 0. The summed E-state index contributed by atoms with van der Waals surface area (Å²) in [5, 5.41) is 7.68. The van der Waals surface area contributed by atoms with Gasteiger partial charge in [0.1, 0.15) is 0 Å². The number of fused-ring (bicyclic) bond motifs is 7. The molecular weight excluding hydrogens is 760 g/mol. The summed E-state index contributed by atoms with van der Waals surface area (Å²) in [4.78, 5) is 7.73. The fourth-order valence-corrected chi connectivity index (χ4v) is 11.5. The zero-order chi connectivity index (χ0) is 41.2. The van der Waals surface area contributed by atoms with Gasteiger partial charge < -0.3 is 14.7 Å². The minimum atomic E-state index is -0.0618. The molecule has 0 atom stereocenters. The molecular formula is C58H37B2N3. The Morgan fingerprint density at radius 2 is 0.746 bits per heavy atom. The van der Waals surface area contributed by atoms with Crippen molar-refractivity contribution in [3.63, 3.8) is 0 Å². The van der Waals surface area contributed by atoms with Crippen molar-refractivity contribution in [3.05, 3.63) is 224 Å². The SMILES string of the molecule is c1ccc(B2c3ccccc3N(c3ccc4ccc5cccc6ccc3c4c56)c3cc4c5c(c32)N(c2ccccc2)c2ccccc2B5c2ccccc2N4c2ccccc2)cc1. The average Bonchev–Trinajstić information content (AvgIpc) is 3.35. The Morgan fingerprint density at radius 1 is 0.286 bits per heavy atom. The van der Waals surface area contributed by atoms with Crippen LogP contribution in [0, 0.1) is 0 Å². The van der Waals surface area contributed by atoms with Crippen LogP contribution >= 0.6 is 0 Å². The highest BCUT2D eigenvalue weighted by Crippen LogP contribution is 2.50. The van der Waals surface area contributed by atoms with Crippen molar-refractivity contribution >= 4 is 130 Å². The van der Waals surface area contributed by atoms with E-state index < -0.39 is 0 Å². The minimum absolute atomic E-state index is 0.00390. The number of hydrogen-bond donors (Lipinski definition) is 0. The molecule has 290 valence electrons. The van der Waals surface area contributed by atoms with Gasteiger partial charge in [0.25, 0.3) is 6.71 Å². The Hall–Kier alpha value is -8.01. The third-order valence-corrected chi connectivity index (χ3v) is 14.0. The molecule has 11 aromatic carbocycles. The lowest BCUT2D eigenvalue weighted by Crippen LogP contribution is -2.66. The van der Waals surface area contributed by atoms with Gasteiger partial charge in [0.15, 0.2) is 0 Å². The Morgan fingerprint density at radius 3 is 1.40 bits per heavy atom. The van der Waals surface area contributed by atoms with Gasteiger partial charge in [-0.05, 0) is 109 Å². The molecule has 3 nitrogen and oxygen atoms in total. The maximum absolute atomic E-state index is 2.61. The standard InChI is InChI=1S/C58H37B2N3/c1-4-19-41(20-5-1)59-45-25-10-15-30-51(45)63(48-36-34-40-32-31-38-17-16-18-39-33-35-44(48)55(40)54(38)39)53-37-52-57-58(56(53)59)62(43-23-8-3-9-24-43)50-29-14-12-27-47(50)60(57)46-26-11-13-28-49(46)61(52)42-21-6-2-7-22-42/h1-37H. The van der Waals surface area contributed by atoms with Crippen LogP contribution in [0.1, 0.15) is 0 Å². The zero-order valence-corrected chi connectivity index (χ0v) is 34.4. The molecule has 3 aliphatic rings. The van der Waals surface area contributed by atoms with Crippen molar-refractivity contribution in [2.24, 2.45) is 0 Å². The van der Waals surface area contributed by atoms with Gasteiger partial charge in [0, 0.05) is 50.9 Å². The first-order valence-electron chi connectivity index (χ1n) is 22.0. The molecule has 11 aromatic rings. The van der Waals surface area contributed by atoms with E-state index in [2.05, 4.69) is 239 Å². The molecule has 63 heavy (non-hydrogen) atoms. The summed E-state index contributed by atoms with van der Waals surface area (Å²) in [6.45, 7) is -0.0579. The second-order valence-corrected chi connectivity index (χ2v) is 17.2. The average molecular weight is 798 g/mol. The zero-order valence-electron chi connectivity index (χ0n) is 34.4. The third kappa shape index (κ3) is 4.82. The first-order valence-corrected chi connectivity index (χ1v) is 22.0. The van der Waals surface area contributed by atoms with Gasteiger partial charge in [-0.15, -0.1) is 0 Å². The second-order valence-electron chi connectivity index (χ2n) is 17.2. The number of para-hydroxylation sites is 5. The van der Waals surface area contributed by atoms with E-state index in [0.29, 0.717) is 0 Å². The number of anilines is 9. The van der Waals surface area contributed by atoms with Crippen LogP contribution in [0.5, 0.6) is 0 Å². The number of hydrogen-bond acceptors (Lipinski definition) is 3.